The molecule has 28 heavy (non-hydrogen) atoms. The summed E-state index contributed by atoms with van der Waals surface area (Å²) in [6.45, 7) is 24.3. The van der Waals surface area contributed by atoms with Crippen LogP contribution in [0.15, 0.2) is 12.3 Å². The van der Waals surface area contributed by atoms with E-state index in [1.165, 1.54) is 96.6 Å². The van der Waals surface area contributed by atoms with E-state index in [2.05, 4.69) is 49.0 Å². The van der Waals surface area contributed by atoms with E-state index in [1.54, 1.807) is 0 Å². The Morgan fingerprint density at radius 2 is 1.07 bits per heavy atom. The average Bonchev–Trinajstić information content (AvgIpc) is 2.72. The Hall–Kier alpha value is -0.540. The van der Waals surface area contributed by atoms with Crippen LogP contribution in [-0.4, -0.2) is 67.1 Å². The van der Waals surface area contributed by atoms with Crippen molar-refractivity contribution in [1.82, 2.24) is 14.7 Å². The van der Waals surface area contributed by atoms with Gasteiger partial charge in [0.05, 0.1) is 0 Å². The lowest BCUT2D eigenvalue weighted by molar-refractivity contribution is 0.116. The Balaban J connectivity index is 1.32. The fourth-order valence-electron chi connectivity index (χ4n) is 5.73. The molecular formula is C25H47N3. The van der Waals surface area contributed by atoms with Gasteiger partial charge in [-0.05, 0) is 88.4 Å². The van der Waals surface area contributed by atoms with Crippen molar-refractivity contribution in [3.8, 4) is 0 Å². The molecule has 0 amide bonds. The normalized spacial score (nSPS) is 25.1. The van der Waals surface area contributed by atoms with Crippen LogP contribution < -0.4 is 0 Å². The molecule has 162 valence electrons. The first-order valence-electron chi connectivity index (χ1n) is 12.3. The molecule has 0 aromatic rings. The van der Waals surface area contributed by atoms with Crippen molar-refractivity contribution < 1.29 is 0 Å². The molecule has 0 aromatic carbocycles. The zero-order valence-electron chi connectivity index (χ0n) is 19.3. The third-order valence-corrected chi connectivity index (χ3v) is 8.25. The molecule has 3 nitrogen and oxygen atoms in total. The molecule has 0 spiro atoms. The number of hydrogen-bond acceptors (Lipinski definition) is 3. The molecule has 0 bridgehead atoms. The minimum absolute atomic E-state index is 0.730. The van der Waals surface area contributed by atoms with Gasteiger partial charge in [-0.3, -0.25) is 0 Å². The van der Waals surface area contributed by atoms with Crippen molar-refractivity contribution >= 4 is 0 Å². The van der Waals surface area contributed by atoms with Gasteiger partial charge < -0.3 is 14.7 Å². The predicted octanol–water partition coefficient (Wildman–Crippen LogP) is 4.95. The first-order chi connectivity index (χ1) is 13.4. The van der Waals surface area contributed by atoms with Crippen LogP contribution in [0.5, 0.6) is 0 Å². The molecular weight excluding hydrogens is 342 g/mol. The molecule has 0 radical (unpaired) electrons. The van der Waals surface area contributed by atoms with E-state index in [0.717, 1.165) is 29.6 Å². The summed E-state index contributed by atoms with van der Waals surface area (Å²) < 4.78 is 0. The van der Waals surface area contributed by atoms with Crippen LogP contribution in [0, 0.1) is 29.6 Å². The van der Waals surface area contributed by atoms with Crippen molar-refractivity contribution in [2.75, 3.05) is 52.4 Å². The minimum Gasteiger partial charge on any atom is -0.375 e. The molecule has 3 fully saturated rings. The maximum absolute atomic E-state index is 4.54. The molecule has 3 saturated heterocycles. The van der Waals surface area contributed by atoms with Crippen LogP contribution >= 0.6 is 0 Å². The molecule has 3 aliphatic heterocycles. The molecule has 0 saturated carbocycles. The Morgan fingerprint density at radius 3 is 1.50 bits per heavy atom. The topological polar surface area (TPSA) is 9.72 Å². The van der Waals surface area contributed by atoms with Crippen LogP contribution in [0.4, 0.5) is 0 Å². The summed E-state index contributed by atoms with van der Waals surface area (Å²) in [6.07, 6.45) is 8.18. The Labute approximate surface area is 175 Å². The van der Waals surface area contributed by atoms with E-state index in [9.17, 15) is 0 Å². The minimum atomic E-state index is 0.730. The SMILES string of the molecule is C=C(C1CCN(CCN2CCC(C(C)C)CC2)CC1)N1CCC(C(C)C)CC1. The van der Waals surface area contributed by atoms with Gasteiger partial charge >= 0.3 is 0 Å². The van der Waals surface area contributed by atoms with Gasteiger partial charge in [0.25, 0.3) is 0 Å². The Morgan fingerprint density at radius 1 is 0.679 bits per heavy atom. The summed E-state index contributed by atoms with van der Waals surface area (Å²) in [5, 5.41) is 0. The van der Waals surface area contributed by atoms with Gasteiger partial charge in [-0.15, -0.1) is 0 Å². The smallest absolute Gasteiger partial charge is 0.0177 e. The fraction of sp³-hybridized carbons (Fsp3) is 0.920. The zero-order chi connectivity index (χ0) is 20.1. The Kier molecular flexibility index (Phi) is 8.29. The van der Waals surface area contributed by atoms with Gasteiger partial charge in [0.1, 0.15) is 0 Å². The monoisotopic (exact) mass is 389 g/mol. The van der Waals surface area contributed by atoms with E-state index in [1.807, 2.05) is 0 Å². The largest absolute Gasteiger partial charge is 0.375 e. The molecule has 3 heteroatoms. The number of nitrogens with zero attached hydrogens (tertiary/aromatic N) is 3. The van der Waals surface area contributed by atoms with Crippen LogP contribution in [-0.2, 0) is 0 Å². The summed E-state index contributed by atoms with van der Waals surface area (Å²) >= 11 is 0. The lowest BCUT2D eigenvalue weighted by atomic mass is 9.85. The van der Waals surface area contributed by atoms with Gasteiger partial charge in [-0.2, -0.15) is 0 Å². The lowest BCUT2D eigenvalue weighted by Crippen LogP contribution is -2.44. The van der Waals surface area contributed by atoms with Crippen molar-refractivity contribution in [3.63, 3.8) is 0 Å². The van der Waals surface area contributed by atoms with E-state index in [4.69, 9.17) is 0 Å². The number of allylic oxidation sites excluding steroid dienone is 1. The van der Waals surface area contributed by atoms with E-state index < -0.39 is 0 Å². The molecule has 0 aliphatic carbocycles. The van der Waals surface area contributed by atoms with Gasteiger partial charge in [0, 0.05) is 37.8 Å². The van der Waals surface area contributed by atoms with Crippen LogP contribution in [0.2, 0.25) is 0 Å². The van der Waals surface area contributed by atoms with Gasteiger partial charge in [0.15, 0.2) is 0 Å². The molecule has 3 heterocycles. The summed E-state index contributed by atoms with van der Waals surface area (Å²) in [4.78, 5) is 8.05. The quantitative estimate of drug-likeness (QED) is 0.610. The van der Waals surface area contributed by atoms with Crippen molar-refractivity contribution in [2.24, 2.45) is 29.6 Å². The maximum Gasteiger partial charge on any atom is 0.0177 e. The predicted molar refractivity (Wildman–Crippen MR) is 121 cm³/mol. The highest BCUT2D eigenvalue weighted by Crippen LogP contribution is 2.31. The van der Waals surface area contributed by atoms with Gasteiger partial charge in [-0.25, -0.2) is 0 Å². The van der Waals surface area contributed by atoms with Crippen LogP contribution in [0.3, 0.4) is 0 Å². The molecule has 3 aliphatic rings. The highest BCUT2D eigenvalue weighted by Gasteiger charge is 2.28. The maximum atomic E-state index is 4.54. The number of rotatable bonds is 7. The Bertz CT molecular complexity index is 462. The highest BCUT2D eigenvalue weighted by molar-refractivity contribution is 5.03. The van der Waals surface area contributed by atoms with Gasteiger partial charge in [-0.1, -0.05) is 34.3 Å². The van der Waals surface area contributed by atoms with E-state index in [-0.39, 0.29) is 0 Å². The summed E-state index contributed by atoms with van der Waals surface area (Å²) in [7, 11) is 0. The zero-order valence-corrected chi connectivity index (χ0v) is 19.3. The fourth-order valence-corrected chi connectivity index (χ4v) is 5.73. The second-order valence-corrected chi connectivity index (χ2v) is 10.6. The van der Waals surface area contributed by atoms with E-state index >= 15 is 0 Å². The standard InChI is InChI=1S/C25H47N3/c1-20(2)23-6-12-26(13-7-23)18-19-27-14-8-25(9-15-27)22(5)28-16-10-24(11-17-28)21(3)4/h20-21,23-25H,5-19H2,1-4H3. The first-order valence-corrected chi connectivity index (χ1v) is 12.3. The molecule has 0 unspecified atom stereocenters. The second kappa shape index (κ2) is 10.5. The van der Waals surface area contributed by atoms with Crippen molar-refractivity contribution in [2.45, 2.75) is 66.2 Å². The second-order valence-electron chi connectivity index (χ2n) is 10.6. The van der Waals surface area contributed by atoms with Crippen molar-refractivity contribution in [1.29, 1.82) is 0 Å². The lowest BCUT2D eigenvalue weighted by Gasteiger charge is -2.41. The number of likely N-dealkylation sites (tertiary alicyclic amines) is 3. The summed E-state index contributed by atoms with van der Waals surface area (Å²) in [5.74, 6) is 4.33. The summed E-state index contributed by atoms with van der Waals surface area (Å²) in [6, 6.07) is 0. The number of hydrogen-bond donors (Lipinski definition) is 0. The number of piperidine rings is 3. The van der Waals surface area contributed by atoms with E-state index in [0.29, 0.717) is 0 Å². The van der Waals surface area contributed by atoms with Crippen LogP contribution in [0.25, 0.3) is 0 Å². The molecule has 3 rings (SSSR count). The summed E-state index contributed by atoms with van der Waals surface area (Å²) in [5.41, 5.74) is 1.46. The van der Waals surface area contributed by atoms with Gasteiger partial charge in [0.2, 0.25) is 0 Å². The highest BCUT2D eigenvalue weighted by atomic mass is 15.2. The van der Waals surface area contributed by atoms with Crippen LogP contribution in [0.1, 0.15) is 66.2 Å². The average molecular weight is 390 g/mol. The third-order valence-electron chi connectivity index (χ3n) is 8.25. The molecule has 0 aromatic heterocycles. The third kappa shape index (κ3) is 5.98. The molecule has 0 atom stereocenters. The van der Waals surface area contributed by atoms with Crippen molar-refractivity contribution in [3.05, 3.63) is 12.3 Å². The first kappa shape index (κ1) is 22.2. The molecule has 0 N–H and O–H groups in total.